The maximum absolute atomic E-state index is 9.35. The number of likely N-dealkylation sites (N-methyl/N-ethyl adjacent to an activating group) is 2. The summed E-state index contributed by atoms with van der Waals surface area (Å²) in [4.78, 5) is 18.5. The Hall–Kier alpha value is -3.80. The monoisotopic (exact) mass is 566 g/mol. The fourth-order valence-electron chi connectivity index (χ4n) is 7.30. The van der Waals surface area contributed by atoms with Crippen LogP contribution in [0.2, 0.25) is 0 Å². The van der Waals surface area contributed by atoms with Crippen molar-refractivity contribution in [1.29, 1.82) is 0 Å². The van der Waals surface area contributed by atoms with Gasteiger partial charge in [0.05, 0.1) is 30.0 Å². The van der Waals surface area contributed by atoms with Gasteiger partial charge in [0.15, 0.2) is 0 Å². The molecule has 0 radical (unpaired) electrons. The molecule has 3 aromatic rings. The van der Waals surface area contributed by atoms with Crippen molar-refractivity contribution in [2.45, 2.75) is 49.6 Å². The molecule has 8 nitrogen and oxygen atoms in total. The highest BCUT2D eigenvalue weighted by Crippen LogP contribution is 2.39. The zero-order valence-corrected chi connectivity index (χ0v) is 24.9. The van der Waals surface area contributed by atoms with E-state index in [0.29, 0.717) is 16.8 Å². The highest BCUT2D eigenvalue weighted by atomic mass is 16.5. The molecule has 4 aliphatic rings. The van der Waals surface area contributed by atoms with Gasteiger partial charge < -0.3 is 19.6 Å². The molecule has 2 atom stereocenters. The molecular weight excluding hydrogens is 524 g/mol. The van der Waals surface area contributed by atoms with E-state index in [0.717, 1.165) is 43.2 Å². The lowest BCUT2D eigenvalue weighted by atomic mass is 9.96. The summed E-state index contributed by atoms with van der Waals surface area (Å²) >= 11 is 0. The number of aromatic nitrogens is 2. The Labute approximate surface area is 249 Å². The number of ether oxygens (including phenoxy) is 1. The zero-order chi connectivity index (χ0) is 29.2. The molecule has 7 rings (SSSR count). The van der Waals surface area contributed by atoms with Gasteiger partial charge in [0.2, 0.25) is 0 Å². The maximum atomic E-state index is 9.35. The van der Waals surface area contributed by atoms with Crippen molar-refractivity contribution in [2.75, 3.05) is 63.2 Å². The summed E-state index contributed by atoms with van der Waals surface area (Å²) in [6.07, 6.45) is 20.5. The van der Waals surface area contributed by atoms with Crippen molar-refractivity contribution in [3.05, 3.63) is 66.7 Å². The van der Waals surface area contributed by atoms with Crippen molar-refractivity contribution in [1.82, 2.24) is 19.8 Å². The number of hydrogen-bond acceptors (Lipinski definition) is 8. The Bertz CT molecular complexity index is 1420. The number of likely N-dealkylation sites (tertiary alicyclic amines) is 2. The predicted molar refractivity (Wildman–Crippen MR) is 167 cm³/mol. The Morgan fingerprint density at radius 2 is 1.31 bits per heavy atom. The molecule has 220 valence electrons. The maximum Gasteiger partial charge on any atom is 0.147 e. The van der Waals surface area contributed by atoms with E-state index in [2.05, 4.69) is 55.6 Å². The standard InChI is InChI=1S/C19H23N3O2.C15H19N3/c1-21-9-2-7-19(21)8-10-22(14-19)15-11-18(13-20-12-15)24-17-5-3-16(23)4-6-17;1-3-13-9-14(11-16-10-13)18-8-6-15(12-18)5-4-7-17(15)2/h3-6,11-13,23H,2,7-10,14H2,1H3;1,9-11H,4-8,12H2,2H3. The number of pyridine rings is 2. The zero-order valence-electron chi connectivity index (χ0n) is 24.9. The molecule has 4 aliphatic heterocycles. The molecule has 0 bridgehead atoms. The molecule has 2 spiro atoms. The molecule has 8 heteroatoms. The number of nitrogens with zero attached hydrogens (tertiary/aromatic N) is 6. The Kier molecular flexibility index (Phi) is 7.98. The summed E-state index contributed by atoms with van der Waals surface area (Å²) in [7, 11) is 4.51. The first-order valence-electron chi connectivity index (χ1n) is 15.1. The van der Waals surface area contributed by atoms with Crippen LogP contribution in [-0.4, -0.2) is 89.3 Å². The summed E-state index contributed by atoms with van der Waals surface area (Å²) in [5, 5.41) is 9.35. The highest BCUT2D eigenvalue weighted by Gasteiger charge is 2.45. The first-order valence-corrected chi connectivity index (χ1v) is 15.1. The largest absolute Gasteiger partial charge is 0.508 e. The van der Waals surface area contributed by atoms with Gasteiger partial charge >= 0.3 is 0 Å². The van der Waals surface area contributed by atoms with E-state index in [-0.39, 0.29) is 5.75 Å². The minimum absolute atomic E-state index is 0.234. The average Bonchev–Trinajstić information content (AvgIpc) is 3.81. The highest BCUT2D eigenvalue weighted by molar-refractivity contribution is 5.52. The first-order chi connectivity index (χ1) is 20.4. The SMILES string of the molecule is C#Cc1cncc(N2CCC3(CCCN3C)C2)c1.CN1CCCC12CCN(c1cncc(Oc3ccc(O)cc3)c1)C2. The fourth-order valence-corrected chi connectivity index (χ4v) is 7.30. The van der Waals surface area contributed by atoms with Gasteiger partial charge in [-0.2, -0.15) is 0 Å². The van der Waals surface area contributed by atoms with Gasteiger partial charge in [-0.1, -0.05) is 5.92 Å². The second-order valence-corrected chi connectivity index (χ2v) is 12.4. The Morgan fingerprint density at radius 3 is 1.86 bits per heavy atom. The van der Waals surface area contributed by atoms with Crippen molar-refractivity contribution < 1.29 is 9.84 Å². The molecular formula is C34H42N6O2. The normalized spacial score (nSPS) is 25.6. The topological polar surface area (TPSA) is 68.2 Å². The number of anilines is 2. The second kappa shape index (κ2) is 11.8. The van der Waals surface area contributed by atoms with Gasteiger partial charge in [-0.3, -0.25) is 19.8 Å². The van der Waals surface area contributed by atoms with Gasteiger partial charge in [0.25, 0.3) is 0 Å². The van der Waals surface area contributed by atoms with Crippen LogP contribution in [-0.2, 0) is 0 Å². The molecule has 0 aliphatic carbocycles. The summed E-state index contributed by atoms with van der Waals surface area (Å²) in [6.45, 7) is 6.79. The number of terminal acetylenes is 1. The summed E-state index contributed by atoms with van der Waals surface area (Å²) in [5.74, 6) is 4.31. The number of aromatic hydroxyl groups is 1. The number of benzene rings is 1. The lowest BCUT2D eigenvalue weighted by Crippen LogP contribution is -2.43. The minimum Gasteiger partial charge on any atom is -0.508 e. The Balaban J connectivity index is 0.000000157. The average molecular weight is 567 g/mol. The molecule has 6 heterocycles. The van der Waals surface area contributed by atoms with Crippen LogP contribution in [0.5, 0.6) is 17.2 Å². The molecule has 1 N–H and O–H groups in total. The number of rotatable bonds is 4. The molecule has 4 saturated heterocycles. The molecule has 0 amide bonds. The van der Waals surface area contributed by atoms with Crippen LogP contribution in [0, 0.1) is 12.3 Å². The molecule has 0 saturated carbocycles. The van der Waals surface area contributed by atoms with Gasteiger partial charge in [-0.25, -0.2) is 0 Å². The van der Waals surface area contributed by atoms with E-state index in [4.69, 9.17) is 11.2 Å². The van der Waals surface area contributed by atoms with E-state index in [9.17, 15) is 5.11 Å². The fraction of sp³-hybridized carbons (Fsp3) is 0.471. The van der Waals surface area contributed by atoms with Crippen LogP contribution in [0.15, 0.2) is 61.2 Å². The smallest absolute Gasteiger partial charge is 0.147 e. The van der Waals surface area contributed by atoms with Crippen LogP contribution >= 0.6 is 0 Å². The van der Waals surface area contributed by atoms with Crippen molar-refractivity contribution in [3.8, 4) is 29.6 Å². The number of phenols is 1. The molecule has 4 fully saturated rings. The lowest BCUT2D eigenvalue weighted by molar-refractivity contribution is 0.198. The number of hydrogen-bond donors (Lipinski definition) is 1. The van der Waals surface area contributed by atoms with Gasteiger partial charge in [-0.15, -0.1) is 6.42 Å². The van der Waals surface area contributed by atoms with E-state index in [1.807, 2.05) is 18.5 Å². The summed E-state index contributed by atoms with van der Waals surface area (Å²) in [5.41, 5.74) is 3.89. The van der Waals surface area contributed by atoms with Crippen molar-refractivity contribution >= 4 is 11.4 Å². The van der Waals surface area contributed by atoms with Crippen LogP contribution in [0.4, 0.5) is 11.4 Å². The van der Waals surface area contributed by atoms with Crippen LogP contribution < -0.4 is 14.5 Å². The van der Waals surface area contributed by atoms with Gasteiger partial charge in [0.1, 0.15) is 17.2 Å². The van der Waals surface area contributed by atoms with E-state index < -0.39 is 0 Å². The van der Waals surface area contributed by atoms with E-state index in [1.165, 1.54) is 57.3 Å². The van der Waals surface area contributed by atoms with Crippen LogP contribution in [0.25, 0.3) is 0 Å². The van der Waals surface area contributed by atoms with E-state index >= 15 is 0 Å². The third-order valence-electron chi connectivity index (χ3n) is 9.95. The predicted octanol–water partition coefficient (Wildman–Crippen LogP) is 4.99. The molecule has 1 aromatic carbocycles. The number of phenolic OH excluding ortho intramolecular Hbond substituents is 1. The molecule has 2 aromatic heterocycles. The van der Waals surface area contributed by atoms with Crippen LogP contribution in [0.3, 0.4) is 0 Å². The lowest BCUT2D eigenvalue weighted by Gasteiger charge is -2.32. The molecule has 2 unspecified atom stereocenters. The van der Waals surface area contributed by atoms with Crippen LogP contribution in [0.1, 0.15) is 44.1 Å². The van der Waals surface area contributed by atoms with E-state index in [1.54, 1.807) is 36.7 Å². The Morgan fingerprint density at radius 1 is 0.738 bits per heavy atom. The first kappa shape index (κ1) is 28.3. The third kappa shape index (κ3) is 5.77. The van der Waals surface area contributed by atoms with Gasteiger partial charge in [0, 0.05) is 55.1 Å². The second-order valence-electron chi connectivity index (χ2n) is 12.4. The quantitative estimate of drug-likeness (QED) is 0.443. The summed E-state index contributed by atoms with van der Waals surface area (Å²) < 4.78 is 5.86. The van der Waals surface area contributed by atoms with Crippen molar-refractivity contribution in [3.63, 3.8) is 0 Å². The van der Waals surface area contributed by atoms with Crippen molar-refractivity contribution in [2.24, 2.45) is 0 Å². The third-order valence-corrected chi connectivity index (χ3v) is 9.95. The minimum atomic E-state index is 0.234. The summed E-state index contributed by atoms with van der Waals surface area (Å²) in [6, 6.07) is 10.9. The molecule has 42 heavy (non-hydrogen) atoms. The van der Waals surface area contributed by atoms with Gasteiger partial charge in [-0.05, 0) is 96.0 Å².